The molecule has 0 saturated carbocycles. The first-order chi connectivity index (χ1) is 12.4. The summed E-state index contributed by atoms with van der Waals surface area (Å²) in [6.45, 7) is 3.24. The summed E-state index contributed by atoms with van der Waals surface area (Å²) in [5.74, 6) is -0.922. The predicted molar refractivity (Wildman–Crippen MR) is 95.5 cm³/mol. The summed E-state index contributed by atoms with van der Waals surface area (Å²) in [6.07, 6.45) is 1.44. The second-order valence-electron chi connectivity index (χ2n) is 5.57. The van der Waals surface area contributed by atoms with Crippen LogP contribution in [-0.2, 0) is 14.3 Å². The van der Waals surface area contributed by atoms with E-state index in [9.17, 15) is 14.9 Å². The number of nitrogens with two attached hydrogens (primary N) is 1. The predicted octanol–water partition coefficient (Wildman–Crippen LogP) is 2.04. The van der Waals surface area contributed by atoms with Crippen molar-refractivity contribution in [1.29, 1.82) is 5.26 Å². The number of aryl methyl sites for hydroxylation is 1. The Bertz CT molecular complexity index is 902. The van der Waals surface area contributed by atoms with Gasteiger partial charge in [-0.3, -0.25) is 4.79 Å². The van der Waals surface area contributed by atoms with Gasteiger partial charge in [0.1, 0.15) is 17.4 Å². The fourth-order valence-electron chi connectivity index (χ4n) is 2.57. The summed E-state index contributed by atoms with van der Waals surface area (Å²) in [5.41, 5.74) is 8.14. The minimum Gasteiger partial charge on any atom is -0.497 e. The Morgan fingerprint density at radius 2 is 1.92 bits per heavy atom. The highest BCUT2D eigenvalue weighted by molar-refractivity contribution is 5.99. The van der Waals surface area contributed by atoms with E-state index in [0.717, 1.165) is 22.8 Å². The molecule has 0 unspecified atom stereocenters. The van der Waals surface area contributed by atoms with E-state index in [2.05, 4.69) is 0 Å². The molecule has 0 aliphatic carbocycles. The smallest absolute Gasteiger partial charge is 0.349 e. The molecule has 1 aromatic heterocycles. The monoisotopic (exact) mass is 353 g/mol. The van der Waals surface area contributed by atoms with Crippen LogP contribution in [0.15, 0.2) is 35.9 Å². The van der Waals surface area contributed by atoms with Crippen molar-refractivity contribution in [3.05, 3.63) is 52.9 Å². The van der Waals surface area contributed by atoms with Gasteiger partial charge in [-0.1, -0.05) is 0 Å². The van der Waals surface area contributed by atoms with Gasteiger partial charge in [0.25, 0.3) is 5.91 Å². The average Bonchev–Trinajstić information content (AvgIpc) is 2.91. The minimum absolute atomic E-state index is 0.207. The van der Waals surface area contributed by atoms with E-state index in [1.807, 2.05) is 48.7 Å². The van der Waals surface area contributed by atoms with Crippen molar-refractivity contribution in [2.45, 2.75) is 13.8 Å². The molecule has 2 rings (SSSR count). The molecule has 1 aromatic carbocycles. The first-order valence-corrected chi connectivity index (χ1v) is 7.78. The van der Waals surface area contributed by atoms with Crippen LogP contribution in [0.2, 0.25) is 0 Å². The first-order valence-electron chi connectivity index (χ1n) is 7.78. The summed E-state index contributed by atoms with van der Waals surface area (Å²) < 4.78 is 11.9. The number of primary amides is 1. The van der Waals surface area contributed by atoms with E-state index in [-0.39, 0.29) is 5.57 Å². The Morgan fingerprint density at radius 3 is 2.46 bits per heavy atom. The van der Waals surface area contributed by atoms with Gasteiger partial charge < -0.3 is 19.8 Å². The lowest BCUT2D eigenvalue weighted by molar-refractivity contribution is -0.143. The average molecular weight is 353 g/mol. The van der Waals surface area contributed by atoms with Gasteiger partial charge in [-0.2, -0.15) is 5.26 Å². The van der Waals surface area contributed by atoms with E-state index < -0.39 is 18.5 Å². The molecule has 2 N–H and O–H groups in total. The number of benzene rings is 1. The fraction of sp³-hybridized carbons (Fsp3) is 0.211. The van der Waals surface area contributed by atoms with Crippen LogP contribution in [0, 0.1) is 25.2 Å². The number of carbonyl (C=O) groups is 2. The van der Waals surface area contributed by atoms with Crippen molar-refractivity contribution in [1.82, 2.24) is 4.57 Å². The van der Waals surface area contributed by atoms with Crippen molar-refractivity contribution < 1.29 is 19.1 Å². The lowest BCUT2D eigenvalue weighted by atomic mass is 10.1. The van der Waals surface area contributed by atoms with Gasteiger partial charge in [0.05, 0.1) is 7.11 Å². The molecule has 2 aromatic rings. The molecule has 26 heavy (non-hydrogen) atoms. The molecular weight excluding hydrogens is 334 g/mol. The van der Waals surface area contributed by atoms with Gasteiger partial charge >= 0.3 is 5.97 Å². The normalized spacial score (nSPS) is 10.9. The van der Waals surface area contributed by atoms with Crippen LogP contribution in [-0.4, -0.2) is 30.2 Å². The molecular formula is C19H19N3O4. The maximum atomic E-state index is 11.9. The van der Waals surface area contributed by atoms with Gasteiger partial charge in [0, 0.05) is 17.1 Å². The van der Waals surface area contributed by atoms with Crippen LogP contribution >= 0.6 is 0 Å². The van der Waals surface area contributed by atoms with E-state index >= 15 is 0 Å². The van der Waals surface area contributed by atoms with E-state index in [4.69, 9.17) is 15.2 Å². The lowest BCUT2D eigenvalue weighted by Crippen LogP contribution is -2.21. The van der Waals surface area contributed by atoms with Crippen molar-refractivity contribution in [3.63, 3.8) is 0 Å². The van der Waals surface area contributed by atoms with Crippen LogP contribution < -0.4 is 10.5 Å². The van der Waals surface area contributed by atoms with E-state index in [1.165, 1.54) is 6.08 Å². The summed E-state index contributed by atoms with van der Waals surface area (Å²) >= 11 is 0. The van der Waals surface area contributed by atoms with Crippen LogP contribution in [0.25, 0.3) is 11.8 Å². The standard InChI is InChI=1S/C19H19N3O4/c1-12-8-14(9-15(10-20)19(24)26-11-18(21)23)13(2)22(12)16-4-6-17(25-3)7-5-16/h4-9H,11H2,1-3H3,(H2,21,23)/b15-9+. The van der Waals surface area contributed by atoms with Gasteiger partial charge in [0.15, 0.2) is 6.61 Å². The van der Waals surface area contributed by atoms with E-state index in [0.29, 0.717) is 5.56 Å². The highest BCUT2D eigenvalue weighted by atomic mass is 16.5. The SMILES string of the molecule is COc1ccc(-n2c(C)cc(/C=C(\C#N)C(=O)OCC(N)=O)c2C)cc1. The number of hydrogen-bond donors (Lipinski definition) is 1. The molecule has 0 fully saturated rings. The van der Waals surface area contributed by atoms with Gasteiger partial charge in [-0.25, -0.2) is 4.79 Å². The molecule has 0 saturated heterocycles. The molecule has 0 radical (unpaired) electrons. The summed E-state index contributed by atoms with van der Waals surface area (Å²) in [7, 11) is 1.60. The Morgan fingerprint density at radius 1 is 1.27 bits per heavy atom. The Hall–Kier alpha value is -3.53. The molecule has 1 heterocycles. The zero-order valence-electron chi connectivity index (χ0n) is 14.8. The zero-order valence-corrected chi connectivity index (χ0v) is 14.8. The topological polar surface area (TPSA) is 107 Å². The van der Waals surface area contributed by atoms with Crippen LogP contribution in [0.3, 0.4) is 0 Å². The van der Waals surface area contributed by atoms with Gasteiger partial charge in [-0.15, -0.1) is 0 Å². The highest BCUT2D eigenvalue weighted by Gasteiger charge is 2.15. The van der Waals surface area contributed by atoms with Crippen LogP contribution in [0.1, 0.15) is 17.0 Å². The Labute approximate surface area is 151 Å². The number of aromatic nitrogens is 1. The highest BCUT2D eigenvalue weighted by Crippen LogP contribution is 2.24. The maximum Gasteiger partial charge on any atom is 0.349 e. The van der Waals surface area contributed by atoms with Gasteiger partial charge in [-0.05, 0) is 55.8 Å². The number of ether oxygens (including phenoxy) is 2. The Kier molecular flexibility index (Phi) is 5.81. The van der Waals surface area contributed by atoms with Crippen molar-refractivity contribution >= 4 is 18.0 Å². The molecule has 0 atom stereocenters. The number of nitriles is 1. The van der Waals surface area contributed by atoms with Crippen LogP contribution in [0.5, 0.6) is 5.75 Å². The number of carbonyl (C=O) groups excluding carboxylic acids is 2. The summed E-state index contributed by atoms with van der Waals surface area (Å²) in [4.78, 5) is 22.6. The number of methoxy groups -OCH3 is 1. The number of esters is 1. The van der Waals surface area contributed by atoms with Crippen LogP contribution in [0.4, 0.5) is 0 Å². The third-order valence-corrected chi connectivity index (χ3v) is 3.79. The first kappa shape index (κ1) is 18.8. The summed E-state index contributed by atoms with van der Waals surface area (Å²) in [5, 5.41) is 9.21. The lowest BCUT2D eigenvalue weighted by Gasteiger charge is -2.10. The van der Waals surface area contributed by atoms with Crippen molar-refractivity contribution in [3.8, 4) is 17.5 Å². The number of rotatable bonds is 6. The molecule has 134 valence electrons. The fourth-order valence-corrected chi connectivity index (χ4v) is 2.57. The third-order valence-electron chi connectivity index (χ3n) is 3.79. The molecule has 7 nitrogen and oxygen atoms in total. The number of hydrogen-bond acceptors (Lipinski definition) is 5. The molecule has 0 aliphatic heterocycles. The minimum atomic E-state index is -0.888. The van der Waals surface area contributed by atoms with Gasteiger partial charge in [0.2, 0.25) is 0 Å². The second kappa shape index (κ2) is 8.03. The molecule has 0 bridgehead atoms. The quantitative estimate of drug-likeness (QED) is 0.486. The molecule has 1 amide bonds. The number of nitrogens with zero attached hydrogens (tertiary/aromatic N) is 2. The van der Waals surface area contributed by atoms with E-state index in [1.54, 1.807) is 13.2 Å². The van der Waals surface area contributed by atoms with Crippen molar-refractivity contribution in [2.75, 3.05) is 13.7 Å². The second-order valence-corrected chi connectivity index (χ2v) is 5.57. The van der Waals surface area contributed by atoms with Crippen molar-refractivity contribution in [2.24, 2.45) is 5.73 Å². The Balaban J connectivity index is 2.37. The zero-order chi connectivity index (χ0) is 19.3. The molecule has 0 spiro atoms. The summed E-state index contributed by atoms with van der Waals surface area (Å²) in [6, 6.07) is 11.2. The largest absolute Gasteiger partial charge is 0.497 e. The third kappa shape index (κ3) is 4.11. The number of amides is 1. The molecule has 0 aliphatic rings. The molecule has 7 heteroatoms. The maximum absolute atomic E-state index is 11.9.